The minimum Gasteiger partial charge on any atom is -0.396 e. The van der Waals surface area contributed by atoms with Gasteiger partial charge in [0.1, 0.15) is 10.2 Å². The summed E-state index contributed by atoms with van der Waals surface area (Å²) in [7, 11) is 0. The monoisotopic (exact) mass is 233 g/mol. The van der Waals surface area contributed by atoms with E-state index in [4.69, 9.17) is 22.4 Å². The Morgan fingerprint density at radius 2 is 2.36 bits per heavy atom. The molecule has 0 aliphatic carbocycles. The first-order chi connectivity index (χ1) is 6.61. The Labute approximate surface area is 91.9 Å². The molecule has 78 valence electrons. The van der Waals surface area contributed by atoms with Gasteiger partial charge >= 0.3 is 0 Å². The van der Waals surface area contributed by atoms with Crippen molar-refractivity contribution in [2.45, 2.75) is 23.6 Å². The lowest BCUT2D eigenvalue weighted by atomic mass is 10.3. The fourth-order valence-corrected chi connectivity index (χ4v) is 2.14. The zero-order valence-electron chi connectivity index (χ0n) is 7.77. The zero-order valence-corrected chi connectivity index (χ0v) is 9.35. The highest BCUT2D eigenvalue weighted by atomic mass is 35.5. The normalized spacial score (nSPS) is 12.8. The molecule has 0 bridgehead atoms. The molecule has 4 nitrogen and oxygen atoms in total. The van der Waals surface area contributed by atoms with Crippen LogP contribution in [-0.4, -0.2) is 26.9 Å². The van der Waals surface area contributed by atoms with Gasteiger partial charge in [-0.3, -0.25) is 0 Å². The lowest BCUT2D eigenvalue weighted by Crippen LogP contribution is -2.02. The molecule has 0 saturated carbocycles. The van der Waals surface area contributed by atoms with E-state index in [1.165, 1.54) is 11.8 Å². The van der Waals surface area contributed by atoms with E-state index in [2.05, 4.69) is 9.97 Å². The van der Waals surface area contributed by atoms with Crippen LogP contribution in [0.15, 0.2) is 11.1 Å². The molecule has 1 aromatic rings. The zero-order chi connectivity index (χ0) is 10.6. The van der Waals surface area contributed by atoms with Crippen molar-refractivity contribution in [3.05, 3.63) is 11.2 Å². The molecule has 0 saturated heterocycles. The molecule has 1 unspecified atom stereocenters. The number of thioether (sulfide) groups is 1. The fourth-order valence-electron chi connectivity index (χ4n) is 0.921. The number of anilines is 1. The van der Waals surface area contributed by atoms with Gasteiger partial charge in [0.2, 0.25) is 5.95 Å². The second-order valence-corrected chi connectivity index (χ2v) is 4.67. The van der Waals surface area contributed by atoms with E-state index in [0.29, 0.717) is 11.6 Å². The fraction of sp³-hybridized carbons (Fsp3) is 0.500. The summed E-state index contributed by atoms with van der Waals surface area (Å²) in [6.07, 6.45) is 0.714. The van der Waals surface area contributed by atoms with Gasteiger partial charge in [0.25, 0.3) is 0 Å². The van der Waals surface area contributed by atoms with Crippen molar-refractivity contribution >= 4 is 29.3 Å². The molecular weight excluding hydrogens is 222 g/mol. The van der Waals surface area contributed by atoms with E-state index in [9.17, 15) is 0 Å². The molecule has 0 aliphatic rings. The third-order valence-electron chi connectivity index (χ3n) is 1.55. The number of hydrogen-bond acceptors (Lipinski definition) is 5. The minimum atomic E-state index is 0.169. The Balaban J connectivity index is 2.66. The Bertz CT molecular complexity index is 290. The van der Waals surface area contributed by atoms with Crippen LogP contribution in [0, 0.1) is 0 Å². The standard InChI is InChI=1S/C8H12ClN3OS/c1-5(2-3-13)14-7-4-6(9)11-8(10)12-7/h4-5,13H,2-3H2,1H3,(H2,10,11,12). The molecule has 0 aromatic carbocycles. The van der Waals surface area contributed by atoms with Crippen molar-refractivity contribution in [3.8, 4) is 0 Å². The van der Waals surface area contributed by atoms with Crippen LogP contribution in [0.4, 0.5) is 5.95 Å². The predicted molar refractivity (Wildman–Crippen MR) is 58.5 cm³/mol. The lowest BCUT2D eigenvalue weighted by Gasteiger charge is -2.08. The van der Waals surface area contributed by atoms with Crippen LogP contribution >= 0.6 is 23.4 Å². The van der Waals surface area contributed by atoms with Crippen LogP contribution in [0.5, 0.6) is 0 Å². The van der Waals surface area contributed by atoms with E-state index < -0.39 is 0 Å². The summed E-state index contributed by atoms with van der Waals surface area (Å²) >= 11 is 7.24. The SMILES string of the molecule is CC(CCO)Sc1cc(Cl)nc(N)n1. The molecule has 0 amide bonds. The van der Waals surface area contributed by atoms with Crippen LogP contribution in [0.1, 0.15) is 13.3 Å². The van der Waals surface area contributed by atoms with Crippen LogP contribution < -0.4 is 5.73 Å². The molecule has 0 radical (unpaired) electrons. The molecule has 14 heavy (non-hydrogen) atoms. The minimum absolute atomic E-state index is 0.169. The number of nitrogen functional groups attached to an aromatic ring is 1. The number of aliphatic hydroxyl groups is 1. The Kier molecular flexibility index (Phi) is 4.44. The second-order valence-electron chi connectivity index (χ2n) is 2.83. The third kappa shape index (κ3) is 3.69. The summed E-state index contributed by atoms with van der Waals surface area (Å²) in [5, 5.41) is 10.1. The van der Waals surface area contributed by atoms with Crippen LogP contribution in [0.2, 0.25) is 5.15 Å². The lowest BCUT2D eigenvalue weighted by molar-refractivity contribution is 0.289. The first-order valence-electron chi connectivity index (χ1n) is 4.19. The Hall–Kier alpha value is -0.520. The predicted octanol–water partition coefficient (Wildman–Crippen LogP) is 1.58. The van der Waals surface area contributed by atoms with Crippen LogP contribution in [-0.2, 0) is 0 Å². The number of aromatic nitrogens is 2. The van der Waals surface area contributed by atoms with Gasteiger partial charge in [0, 0.05) is 17.9 Å². The van der Waals surface area contributed by atoms with Crippen molar-refractivity contribution < 1.29 is 5.11 Å². The molecule has 3 N–H and O–H groups in total. The van der Waals surface area contributed by atoms with Gasteiger partial charge in [-0.25, -0.2) is 9.97 Å². The number of aliphatic hydroxyl groups excluding tert-OH is 1. The summed E-state index contributed by atoms with van der Waals surface area (Å²) in [5.74, 6) is 0.177. The number of halogens is 1. The molecular formula is C8H12ClN3OS. The Morgan fingerprint density at radius 3 is 2.93 bits per heavy atom. The molecule has 1 heterocycles. The van der Waals surface area contributed by atoms with E-state index in [-0.39, 0.29) is 17.8 Å². The van der Waals surface area contributed by atoms with Crippen molar-refractivity contribution in [2.75, 3.05) is 12.3 Å². The summed E-state index contributed by atoms with van der Waals surface area (Å²) < 4.78 is 0. The molecule has 0 aliphatic heterocycles. The van der Waals surface area contributed by atoms with Gasteiger partial charge in [0.15, 0.2) is 0 Å². The second kappa shape index (κ2) is 5.38. The first-order valence-corrected chi connectivity index (χ1v) is 5.45. The number of nitrogens with zero attached hydrogens (tertiary/aromatic N) is 2. The van der Waals surface area contributed by atoms with Gasteiger partial charge in [-0.05, 0) is 6.42 Å². The molecule has 6 heteroatoms. The summed E-state index contributed by atoms with van der Waals surface area (Å²) in [6.45, 7) is 2.18. The van der Waals surface area contributed by atoms with E-state index in [1.807, 2.05) is 6.92 Å². The molecule has 0 spiro atoms. The molecule has 0 fully saturated rings. The quantitative estimate of drug-likeness (QED) is 0.610. The topological polar surface area (TPSA) is 72.0 Å². The van der Waals surface area contributed by atoms with Crippen molar-refractivity contribution in [1.82, 2.24) is 9.97 Å². The largest absolute Gasteiger partial charge is 0.396 e. The number of nitrogens with two attached hydrogens (primary N) is 1. The summed E-state index contributed by atoms with van der Waals surface area (Å²) in [5.41, 5.74) is 5.44. The molecule has 1 rings (SSSR count). The maximum absolute atomic E-state index is 8.73. The average Bonchev–Trinajstić information content (AvgIpc) is 2.01. The highest BCUT2D eigenvalue weighted by molar-refractivity contribution is 7.99. The summed E-state index contributed by atoms with van der Waals surface area (Å²) in [6, 6.07) is 1.66. The van der Waals surface area contributed by atoms with Crippen molar-refractivity contribution in [1.29, 1.82) is 0 Å². The van der Waals surface area contributed by atoms with Gasteiger partial charge in [-0.1, -0.05) is 18.5 Å². The third-order valence-corrected chi connectivity index (χ3v) is 2.83. The van der Waals surface area contributed by atoms with E-state index >= 15 is 0 Å². The highest BCUT2D eigenvalue weighted by Gasteiger charge is 2.06. The van der Waals surface area contributed by atoms with Crippen LogP contribution in [0.3, 0.4) is 0 Å². The molecule has 1 atom stereocenters. The number of hydrogen-bond donors (Lipinski definition) is 2. The number of rotatable bonds is 4. The summed E-state index contributed by atoms with van der Waals surface area (Å²) in [4.78, 5) is 7.78. The average molecular weight is 234 g/mol. The van der Waals surface area contributed by atoms with Gasteiger partial charge in [-0.2, -0.15) is 0 Å². The van der Waals surface area contributed by atoms with Gasteiger partial charge in [-0.15, -0.1) is 11.8 Å². The maximum atomic E-state index is 8.73. The first kappa shape index (κ1) is 11.6. The van der Waals surface area contributed by atoms with E-state index in [0.717, 1.165) is 5.03 Å². The van der Waals surface area contributed by atoms with E-state index in [1.54, 1.807) is 6.07 Å². The highest BCUT2D eigenvalue weighted by Crippen LogP contribution is 2.25. The molecule has 1 aromatic heterocycles. The van der Waals surface area contributed by atoms with Gasteiger partial charge < -0.3 is 10.8 Å². The van der Waals surface area contributed by atoms with Crippen LogP contribution in [0.25, 0.3) is 0 Å². The Morgan fingerprint density at radius 1 is 1.64 bits per heavy atom. The smallest absolute Gasteiger partial charge is 0.222 e. The maximum Gasteiger partial charge on any atom is 0.222 e. The van der Waals surface area contributed by atoms with Crippen molar-refractivity contribution in [3.63, 3.8) is 0 Å². The van der Waals surface area contributed by atoms with Gasteiger partial charge in [0.05, 0.1) is 0 Å². The van der Waals surface area contributed by atoms with Crippen molar-refractivity contribution in [2.24, 2.45) is 0 Å².